The Morgan fingerprint density at radius 2 is 2.06 bits per heavy atom. The molecule has 0 saturated carbocycles. The number of hydrogen-bond acceptors (Lipinski definition) is 1. The van der Waals surface area contributed by atoms with Gasteiger partial charge in [0.05, 0.1) is 21.5 Å². The van der Waals surface area contributed by atoms with Gasteiger partial charge in [-0.2, -0.15) is 5.10 Å². The van der Waals surface area contributed by atoms with E-state index in [1.807, 2.05) is 18.5 Å². The van der Waals surface area contributed by atoms with Crippen molar-refractivity contribution in [3.63, 3.8) is 0 Å². The summed E-state index contributed by atoms with van der Waals surface area (Å²) in [5.41, 5.74) is 3.71. The molecule has 0 saturated heterocycles. The van der Waals surface area contributed by atoms with Crippen LogP contribution in [0.2, 0.25) is 0 Å². The van der Waals surface area contributed by atoms with Crippen LogP contribution in [-0.2, 0) is 5.33 Å². The van der Waals surface area contributed by atoms with Crippen LogP contribution in [-0.4, -0.2) is 9.78 Å². The summed E-state index contributed by atoms with van der Waals surface area (Å²) in [5, 5.41) is 5.04. The van der Waals surface area contributed by atoms with Gasteiger partial charge < -0.3 is 0 Å². The lowest BCUT2D eigenvalue weighted by atomic mass is 10.2. The Morgan fingerprint density at radius 3 is 2.59 bits per heavy atom. The fraction of sp³-hybridized carbons (Fsp3) is 0.250. The molecule has 5 heteroatoms. The number of nitrogens with zero attached hydrogens (tertiary/aromatic N) is 2. The fourth-order valence-corrected chi connectivity index (χ4v) is 2.42. The Labute approximate surface area is 116 Å². The van der Waals surface area contributed by atoms with Gasteiger partial charge in [0.1, 0.15) is 5.82 Å². The van der Waals surface area contributed by atoms with Gasteiger partial charge >= 0.3 is 0 Å². The van der Waals surface area contributed by atoms with Crippen molar-refractivity contribution in [3.05, 3.63) is 45.4 Å². The maximum Gasteiger partial charge on any atom is 0.123 e. The Balaban J connectivity index is 2.64. The molecule has 90 valence electrons. The summed E-state index contributed by atoms with van der Waals surface area (Å²) in [6.45, 7) is 3.91. The van der Waals surface area contributed by atoms with Crippen molar-refractivity contribution in [2.45, 2.75) is 19.2 Å². The van der Waals surface area contributed by atoms with E-state index in [0.717, 1.165) is 27.1 Å². The number of benzene rings is 1. The third kappa shape index (κ3) is 2.31. The van der Waals surface area contributed by atoms with E-state index in [2.05, 4.69) is 37.0 Å². The first-order chi connectivity index (χ1) is 8.04. The molecule has 0 N–H and O–H groups in total. The highest BCUT2D eigenvalue weighted by Gasteiger charge is 2.13. The largest absolute Gasteiger partial charge is 0.236 e. The number of hydrogen-bond donors (Lipinski definition) is 0. The molecule has 0 atom stereocenters. The van der Waals surface area contributed by atoms with Crippen LogP contribution in [0, 0.1) is 19.7 Å². The predicted octanol–water partition coefficient (Wildman–Crippen LogP) is 4.29. The van der Waals surface area contributed by atoms with E-state index in [1.165, 1.54) is 12.1 Å². The SMILES string of the molecule is Cc1nn(-c2ccc(F)cc2CBr)c(C)c1Br. The van der Waals surface area contributed by atoms with Crippen molar-refractivity contribution in [3.8, 4) is 5.69 Å². The summed E-state index contributed by atoms with van der Waals surface area (Å²) in [7, 11) is 0. The molecule has 0 fully saturated rings. The molecule has 0 unspecified atom stereocenters. The molecule has 2 nitrogen and oxygen atoms in total. The number of rotatable bonds is 2. The maximum atomic E-state index is 13.2. The normalized spacial score (nSPS) is 10.9. The summed E-state index contributed by atoms with van der Waals surface area (Å²) >= 11 is 6.86. The van der Waals surface area contributed by atoms with Crippen LogP contribution in [0.1, 0.15) is 17.0 Å². The highest BCUT2D eigenvalue weighted by molar-refractivity contribution is 9.10. The van der Waals surface area contributed by atoms with Crippen molar-refractivity contribution in [2.24, 2.45) is 0 Å². The van der Waals surface area contributed by atoms with Gasteiger partial charge in [-0.05, 0) is 53.5 Å². The monoisotopic (exact) mass is 360 g/mol. The molecule has 0 spiro atoms. The van der Waals surface area contributed by atoms with E-state index >= 15 is 0 Å². The van der Waals surface area contributed by atoms with E-state index in [4.69, 9.17) is 0 Å². The van der Waals surface area contributed by atoms with Crippen molar-refractivity contribution in [1.29, 1.82) is 0 Å². The van der Waals surface area contributed by atoms with Crippen molar-refractivity contribution in [2.75, 3.05) is 0 Å². The first-order valence-corrected chi connectivity index (χ1v) is 7.02. The van der Waals surface area contributed by atoms with E-state index in [9.17, 15) is 4.39 Å². The lowest BCUT2D eigenvalue weighted by molar-refractivity contribution is 0.625. The number of aromatic nitrogens is 2. The molecule has 0 aliphatic carbocycles. The first-order valence-electron chi connectivity index (χ1n) is 5.11. The Morgan fingerprint density at radius 1 is 1.35 bits per heavy atom. The molecule has 2 aromatic rings. The van der Waals surface area contributed by atoms with Gasteiger partial charge in [-0.3, -0.25) is 0 Å². The lowest BCUT2D eigenvalue weighted by Crippen LogP contribution is -2.03. The van der Waals surface area contributed by atoms with Gasteiger partial charge in [-0.15, -0.1) is 0 Å². The van der Waals surface area contributed by atoms with Crippen LogP contribution in [0.25, 0.3) is 5.69 Å². The molecule has 0 amide bonds. The summed E-state index contributed by atoms with van der Waals surface area (Å²) in [5.74, 6) is -0.233. The minimum Gasteiger partial charge on any atom is -0.236 e. The van der Waals surface area contributed by atoms with E-state index in [0.29, 0.717) is 5.33 Å². The minimum absolute atomic E-state index is 0.233. The summed E-state index contributed by atoms with van der Waals surface area (Å²) in [4.78, 5) is 0. The van der Waals surface area contributed by atoms with Gasteiger partial charge in [0, 0.05) is 5.33 Å². The first kappa shape index (κ1) is 12.8. The predicted molar refractivity (Wildman–Crippen MR) is 73.3 cm³/mol. The zero-order valence-electron chi connectivity index (χ0n) is 9.47. The van der Waals surface area contributed by atoms with Gasteiger partial charge in [-0.25, -0.2) is 9.07 Å². The smallest absolute Gasteiger partial charge is 0.123 e. The second-order valence-electron chi connectivity index (χ2n) is 3.80. The summed E-state index contributed by atoms with van der Waals surface area (Å²) < 4.78 is 16.0. The topological polar surface area (TPSA) is 17.8 Å². The van der Waals surface area contributed by atoms with E-state index < -0.39 is 0 Å². The standard InChI is InChI=1S/C12H11Br2FN2/c1-7-12(14)8(2)17(16-7)11-4-3-10(15)5-9(11)6-13/h3-5H,6H2,1-2H3. The molecule has 1 heterocycles. The highest BCUT2D eigenvalue weighted by Crippen LogP contribution is 2.26. The average Bonchev–Trinajstić information content (AvgIpc) is 2.57. The Hall–Kier alpha value is -0.680. The van der Waals surface area contributed by atoms with Crippen LogP contribution in [0.4, 0.5) is 4.39 Å². The molecule has 1 aromatic heterocycles. The quantitative estimate of drug-likeness (QED) is 0.730. The Bertz CT molecular complexity index is 564. The molecule has 0 aliphatic heterocycles. The summed E-state index contributed by atoms with van der Waals surface area (Å²) in [6.07, 6.45) is 0. The summed E-state index contributed by atoms with van der Waals surface area (Å²) in [6, 6.07) is 4.72. The van der Waals surface area contributed by atoms with Crippen LogP contribution >= 0.6 is 31.9 Å². The molecule has 0 aliphatic rings. The van der Waals surface area contributed by atoms with Crippen molar-refractivity contribution in [1.82, 2.24) is 9.78 Å². The molecular formula is C12H11Br2FN2. The molecule has 17 heavy (non-hydrogen) atoms. The van der Waals surface area contributed by atoms with E-state index in [1.54, 1.807) is 6.07 Å². The van der Waals surface area contributed by atoms with Gasteiger partial charge in [-0.1, -0.05) is 15.9 Å². The second-order valence-corrected chi connectivity index (χ2v) is 5.16. The van der Waals surface area contributed by atoms with E-state index in [-0.39, 0.29) is 5.82 Å². The molecule has 1 aromatic carbocycles. The van der Waals surface area contributed by atoms with Crippen LogP contribution < -0.4 is 0 Å². The van der Waals surface area contributed by atoms with Gasteiger partial charge in [0.25, 0.3) is 0 Å². The minimum atomic E-state index is -0.233. The Kier molecular flexibility index (Phi) is 3.68. The highest BCUT2D eigenvalue weighted by atomic mass is 79.9. The zero-order chi connectivity index (χ0) is 12.6. The lowest BCUT2D eigenvalue weighted by Gasteiger charge is -2.09. The zero-order valence-corrected chi connectivity index (χ0v) is 12.6. The van der Waals surface area contributed by atoms with Gasteiger partial charge in [0.2, 0.25) is 0 Å². The van der Waals surface area contributed by atoms with Crippen molar-refractivity contribution >= 4 is 31.9 Å². The average molecular weight is 362 g/mol. The van der Waals surface area contributed by atoms with Crippen LogP contribution in [0.3, 0.4) is 0 Å². The molecule has 2 rings (SSSR count). The molecule has 0 radical (unpaired) electrons. The van der Waals surface area contributed by atoms with Crippen LogP contribution in [0.5, 0.6) is 0 Å². The van der Waals surface area contributed by atoms with Gasteiger partial charge in [0.15, 0.2) is 0 Å². The molecular weight excluding hydrogens is 351 g/mol. The van der Waals surface area contributed by atoms with Crippen molar-refractivity contribution < 1.29 is 4.39 Å². The fourth-order valence-electron chi connectivity index (χ4n) is 1.73. The van der Waals surface area contributed by atoms with Crippen LogP contribution in [0.15, 0.2) is 22.7 Å². The third-order valence-corrected chi connectivity index (χ3v) is 4.37. The number of aryl methyl sites for hydroxylation is 1. The number of halogens is 3. The molecule has 0 bridgehead atoms. The number of alkyl halides is 1. The third-order valence-electron chi connectivity index (χ3n) is 2.62. The second kappa shape index (κ2) is 4.90. The maximum absolute atomic E-state index is 13.2.